The number of carbonyl (C=O) groups excluding carboxylic acids is 2. The molecule has 2 amide bonds. The summed E-state index contributed by atoms with van der Waals surface area (Å²) < 4.78 is 0. The van der Waals surface area contributed by atoms with Crippen molar-refractivity contribution >= 4 is 17.5 Å². The molecular weight excluding hydrogens is 376 g/mol. The summed E-state index contributed by atoms with van der Waals surface area (Å²) >= 11 is 0. The molecule has 6 nitrogen and oxygen atoms in total. The molecule has 2 N–H and O–H groups in total. The van der Waals surface area contributed by atoms with Crippen molar-refractivity contribution in [3.05, 3.63) is 65.2 Å². The van der Waals surface area contributed by atoms with E-state index in [9.17, 15) is 9.59 Å². The Bertz CT molecular complexity index is 861. The maximum Gasteiger partial charge on any atom is 0.238 e. The van der Waals surface area contributed by atoms with Crippen LogP contribution in [0, 0.1) is 13.8 Å². The molecule has 1 atom stereocenters. The van der Waals surface area contributed by atoms with Gasteiger partial charge in [0.1, 0.15) is 0 Å². The van der Waals surface area contributed by atoms with Gasteiger partial charge in [0.15, 0.2) is 0 Å². The van der Waals surface area contributed by atoms with Gasteiger partial charge >= 0.3 is 0 Å². The molecule has 0 radical (unpaired) electrons. The van der Waals surface area contributed by atoms with E-state index in [0.717, 1.165) is 43.0 Å². The van der Waals surface area contributed by atoms with E-state index >= 15 is 0 Å². The highest BCUT2D eigenvalue weighted by molar-refractivity contribution is 5.93. The van der Waals surface area contributed by atoms with Crippen LogP contribution in [0.15, 0.2) is 48.5 Å². The molecule has 0 saturated carbocycles. The van der Waals surface area contributed by atoms with E-state index in [1.807, 2.05) is 69.3 Å². The molecule has 1 aliphatic heterocycles. The summed E-state index contributed by atoms with van der Waals surface area (Å²) in [6.45, 7) is 10.0. The fraction of sp³-hybridized carbons (Fsp3) is 0.417. The number of hydrogen-bond acceptors (Lipinski definition) is 4. The van der Waals surface area contributed by atoms with Gasteiger partial charge in [0.25, 0.3) is 0 Å². The Kier molecular flexibility index (Phi) is 7.60. The smallest absolute Gasteiger partial charge is 0.238 e. The van der Waals surface area contributed by atoms with Crippen molar-refractivity contribution < 1.29 is 9.59 Å². The van der Waals surface area contributed by atoms with Crippen molar-refractivity contribution in [1.82, 2.24) is 15.1 Å². The largest absolute Gasteiger partial charge is 0.351 e. The van der Waals surface area contributed by atoms with Crippen LogP contribution in [0.4, 0.5) is 5.69 Å². The SMILES string of the molecule is Cc1cccc(NC(=O)CN2CCN([C@H](C)C(=O)NCc3ccccc3)CC2)c1C. The zero-order chi connectivity index (χ0) is 21.5. The van der Waals surface area contributed by atoms with Gasteiger partial charge in [-0.3, -0.25) is 19.4 Å². The molecule has 160 valence electrons. The molecule has 2 aromatic rings. The van der Waals surface area contributed by atoms with Gasteiger partial charge in [0.05, 0.1) is 12.6 Å². The van der Waals surface area contributed by atoms with Gasteiger partial charge < -0.3 is 10.6 Å². The Morgan fingerprint density at radius 2 is 1.67 bits per heavy atom. The van der Waals surface area contributed by atoms with Gasteiger partial charge in [0.2, 0.25) is 11.8 Å². The summed E-state index contributed by atoms with van der Waals surface area (Å²) in [6, 6.07) is 15.7. The van der Waals surface area contributed by atoms with Crippen LogP contribution in [0.25, 0.3) is 0 Å². The third kappa shape index (κ3) is 5.90. The van der Waals surface area contributed by atoms with E-state index in [2.05, 4.69) is 20.4 Å². The molecule has 1 heterocycles. The highest BCUT2D eigenvalue weighted by Crippen LogP contribution is 2.18. The molecule has 6 heteroatoms. The Morgan fingerprint density at radius 1 is 0.967 bits per heavy atom. The minimum Gasteiger partial charge on any atom is -0.351 e. The maximum absolute atomic E-state index is 12.5. The van der Waals surface area contributed by atoms with Crippen molar-refractivity contribution in [1.29, 1.82) is 0 Å². The van der Waals surface area contributed by atoms with Crippen LogP contribution < -0.4 is 10.6 Å². The Morgan fingerprint density at radius 3 is 2.37 bits per heavy atom. The Labute approximate surface area is 179 Å². The summed E-state index contributed by atoms with van der Waals surface area (Å²) in [5, 5.41) is 6.04. The van der Waals surface area contributed by atoms with Crippen molar-refractivity contribution in [3.63, 3.8) is 0 Å². The van der Waals surface area contributed by atoms with Crippen LogP contribution in [0.2, 0.25) is 0 Å². The Balaban J connectivity index is 1.42. The highest BCUT2D eigenvalue weighted by Gasteiger charge is 2.26. The number of amides is 2. The van der Waals surface area contributed by atoms with Crippen LogP contribution >= 0.6 is 0 Å². The number of nitrogens with zero attached hydrogens (tertiary/aromatic N) is 2. The fourth-order valence-electron chi connectivity index (χ4n) is 3.69. The maximum atomic E-state index is 12.5. The summed E-state index contributed by atoms with van der Waals surface area (Å²) in [7, 11) is 0. The molecular formula is C24H32N4O2. The molecule has 0 spiro atoms. The van der Waals surface area contributed by atoms with Crippen LogP contribution in [-0.2, 0) is 16.1 Å². The monoisotopic (exact) mass is 408 g/mol. The predicted octanol–water partition coefficient (Wildman–Crippen LogP) is 2.56. The predicted molar refractivity (Wildman–Crippen MR) is 120 cm³/mol. The number of nitrogens with one attached hydrogen (secondary N) is 2. The number of aryl methyl sites for hydroxylation is 1. The molecule has 30 heavy (non-hydrogen) atoms. The van der Waals surface area contributed by atoms with Gasteiger partial charge in [-0.05, 0) is 43.5 Å². The average molecular weight is 409 g/mol. The van der Waals surface area contributed by atoms with E-state index in [1.165, 1.54) is 5.56 Å². The van der Waals surface area contributed by atoms with Crippen LogP contribution in [-0.4, -0.2) is 60.4 Å². The third-order valence-electron chi connectivity index (χ3n) is 5.89. The summed E-state index contributed by atoms with van der Waals surface area (Å²) in [4.78, 5) is 29.3. The first-order valence-electron chi connectivity index (χ1n) is 10.6. The lowest BCUT2D eigenvalue weighted by molar-refractivity contribution is -0.127. The summed E-state index contributed by atoms with van der Waals surface area (Å²) in [6.07, 6.45) is 0. The minimum atomic E-state index is -0.181. The van der Waals surface area contributed by atoms with Crippen LogP contribution in [0.5, 0.6) is 0 Å². The van der Waals surface area contributed by atoms with Crippen LogP contribution in [0.3, 0.4) is 0 Å². The van der Waals surface area contributed by atoms with E-state index < -0.39 is 0 Å². The average Bonchev–Trinajstić information content (AvgIpc) is 2.76. The van der Waals surface area contributed by atoms with Gasteiger partial charge in [-0.15, -0.1) is 0 Å². The lowest BCUT2D eigenvalue weighted by atomic mass is 10.1. The highest BCUT2D eigenvalue weighted by atomic mass is 16.2. The Hall–Kier alpha value is -2.70. The van der Waals surface area contributed by atoms with Crippen molar-refractivity contribution in [2.24, 2.45) is 0 Å². The molecule has 3 rings (SSSR count). The van der Waals surface area contributed by atoms with Crippen molar-refractivity contribution in [3.8, 4) is 0 Å². The number of hydrogen-bond donors (Lipinski definition) is 2. The van der Waals surface area contributed by atoms with E-state index in [4.69, 9.17) is 0 Å². The summed E-state index contributed by atoms with van der Waals surface area (Å²) in [5.74, 6) is 0.0470. The van der Waals surface area contributed by atoms with Crippen molar-refractivity contribution in [2.45, 2.75) is 33.4 Å². The second kappa shape index (κ2) is 10.4. The molecule has 1 aliphatic rings. The van der Waals surface area contributed by atoms with Gasteiger partial charge in [-0.2, -0.15) is 0 Å². The molecule has 2 aromatic carbocycles. The lowest BCUT2D eigenvalue weighted by Gasteiger charge is -2.37. The number of rotatable bonds is 7. The third-order valence-corrected chi connectivity index (χ3v) is 5.89. The standard InChI is InChI=1S/C24H32N4O2/c1-18-8-7-11-22(19(18)2)26-23(29)17-27-12-14-28(15-13-27)20(3)24(30)25-16-21-9-5-4-6-10-21/h4-11,20H,12-17H2,1-3H3,(H,25,30)(H,26,29)/t20-/m1/s1. The number of benzene rings is 2. The van der Waals surface area contributed by atoms with Crippen molar-refractivity contribution in [2.75, 3.05) is 38.0 Å². The normalized spacial score (nSPS) is 16.1. The number of carbonyl (C=O) groups is 2. The minimum absolute atomic E-state index is 0.00537. The van der Waals surface area contributed by atoms with Gasteiger partial charge in [-0.25, -0.2) is 0 Å². The number of anilines is 1. The molecule has 0 aliphatic carbocycles. The molecule has 0 unspecified atom stereocenters. The first kappa shape index (κ1) is 22.0. The zero-order valence-corrected chi connectivity index (χ0v) is 18.1. The van der Waals surface area contributed by atoms with E-state index in [-0.39, 0.29) is 17.9 Å². The zero-order valence-electron chi connectivity index (χ0n) is 18.1. The topological polar surface area (TPSA) is 64.7 Å². The molecule has 0 bridgehead atoms. The first-order valence-corrected chi connectivity index (χ1v) is 10.6. The van der Waals surface area contributed by atoms with Gasteiger partial charge in [0, 0.05) is 38.4 Å². The molecule has 1 saturated heterocycles. The fourth-order valence-corrected chi connectivity index (χ4v) is 3.69. The molecule has 1 fully saturated rings. The van der Waals surface area contributed by atoms with E-state index in [1.54, 1.807) is 0 Å². The second-order valence-corrected chi connectivity index (χ2v) is 7.99. The van der Waals surface area contributed by atoms with Crippen LogP contribution in [0.1, 0.15) is 23.6 Å². The summed E-state index contributed by atoms with van der Waals surface area (Å²) in [5.41, 5.74) is 4.24. The lowest BCUT2D eigenvalue weighted by Crippen LogP contribution is -2.54. The molecule has 0 aromatic heterocycles. The van der Waals surface area contributed by atoms with Gasteiger partial charge in [-0.1, -0.05) is 42.5 Å². The quantitative estimate of drug-likeness (QED) is 0.739. The van der Waals surface area contributed by atoms with E-state index in [0.29, 0.717) is 13.1 Å². The second-order valence-electron chi connectivity index (χ2n) is 7.99. The first-order chi connectivity index (χ1) is 14.4. The number of piperazine rings is 1.